The Morgan fingerprint density at radius 3 is 2.26 bits per heavy atom. The van der Waals surface area contributed by atoms with Crippen molar-refractivity contribution < 1.29 is 0 Å². The van der Waals surface area contributed by atoms with Gasteiger partial charge in [0.15, 0.2) is 17.5 Å². The minimum Gasteiger partial charge on any atom is -0.256 e. The Hall–Kier alpha value is -5.22. The molecule has 1 unspecified atom stereocenters. The minimum absolute atomic E-state index is 0.295. The first kappa shape index (κ1) is 25.5. The highest BCUT2D eigenvalue weighted by Crippen LogP contribution is 2.35. The zero-order valence-electron chi connectivity index (χ0n) is 24.0. The highest BCUT2D eigenvalue weighted by molar-refractivity contribution is 5.87. The van der Waals surface area contributed by atoms with Crippen molar-refractivity contribution in [3.8, 4) is 22.8 Å². The van der Waals surface area contributed by atoms with Crippen molar-refractivity contribution >= 4 is 34.1 Å². The zero-order valence-corrected chi connectivity index (χ0v) is 24.0. The number of nitrogens with zero attached hydrogens (tertiary/aromatic N) is 4. The van der Waals surface area contributed by atoms with Crippen LogP contribution in [0.4, 0.5) is 0 Å². The largest absolute Gasteiger partial charge is 0.256 e. The van der Waals surface area contributed by atoms with Crippen LogP contribution in [-0.4, -0.2) is 19.9 Å². The van der Waals surface area contributed by atoms with Crippen LogP contribution in [0.2, 0.25) is 0 Å². The fourth-order valence-corrected chi connectivity index (χ4v) is 6.41. The first-order valence-corrected chi connectivity index (χ1v) is 15.0. The van der Waals surface area contributed by atoms with Crippen LogP contribution in [0.5, 0.6) is 0 Å². The number of allylic oxidation sites excluding steroid dienone is 1. The first-order chi connectivity index (χ1) is 21.2. The summed E-state index contributed by atoms with van der Waals surface area (Å²) in [6.07, 6.45) is 9.40. The molecule has 0 N–H and O–H groups in total. The molecule has 0 saturated carbocycles. The Morgan fingerprint density at radius 1 is 0.651 bits per heavy atom. The van der Waals surface area contributed by atoms with Crippen LogP contribution in [0.25, 0.3) is 56.8 Å². The van der Waals surface area contributed by atoms with Gasteiger partial charge >= 0.3 is 0 Å². The Morgan fingerprint density at radius 2 is 1.37 bits per heavy atom. The Bertz CT molecular complexity index is 2180. The van der Waals surface area contributed by atoms with Gasteiger partial charge in [-0.2, -0.15) is 0 Å². The summed E-state index contributed by atoms with van der Waals surface area (Å²) in [6.45, 7) is 2.26. The maximum atomic E-state index is 5.10. The lowest BCUT2D eigenvalue weighted by molar-refractivity contribution is 0.728. The SMILES string of the molecule is CC1Cc2ccccc2C=C1c1nc(-c2ccc(C3=c4ncccc4=CCC3)cc2)nc(-c2ccc3ccccc3c2)n1. The lowest BCUT2D eigenvalue weighted by Crippen LogP contribution is -2.32. The van der Waals surface area contributed by atoms with E-state index in [0.29, 0.717) is 17.6 Å². The zero-order chi connectivity index (χ0) is 28.8. The third-order valence-electron chi connectivity index (χ3n) is 8.70. The van der Waals surface area contributed by atoms with Gasteiger partial charge in [0.1, 0.15) is 0 Å². The lowest BCUT2D eigenvalue weighted by Gasteiger charge is -2.22. The van der Waals surface area contributed by atoms with E-state index >= 15 is 0 Å². The summed E-state index contributed by atoms with van der Waals surface area (Å²) in [5, 5.41) is 4.67. The minimum atomic E-state index is 0.295. The van der Waals surface area contributed by atoms with Crippen molar-refractivity contribution in [3.05, 3.63) is 142 Å². The molecule has 0 radical (unpaired) electrons. The maximum Gasteiger partial charge on any atom is 0.164 e. The van der Waals surface area contributed by atoms with E-state index in [0.717, 1.165) is 47.1 Å². The van der Waals surface area contributed by atoms with Crippen molar-refractivity contribution in [2.45, 2.75) is 26.2 Å². The monoisotopic (exact) mass is 554 g/mol. The van der Waals surface area contributed by atoms with E-state index in [9.17, 15) is 0 Å². The fraction of sp³-hybridized carbons (Fsp3) is 0.128. The molecule has 4 heteroatoms. The average Bonchev–Trinajstić information content (AvgIpc) is 3.07. The third-order valence-corrected chi connectivity index (χ3v) is 8.70. The van der Waals surface area contributed by atoms with Gasteiger partial charge in [0, 0.05) is 22.9 Å². The van der Waals surface area contributed by atoms with Crippen molar-refractivity contribution in [2.75, 3.05) is 0 Å². The Kier molecular flexibility index (Phi) is 6.26. The van der Waals surface area contributed by atoms with Gasteiger partial charge in [-0.05, 0) is 81.6 Å². The van der Waals surface area contributed by atoms with Crippen LogP contribution in [-0.2, 0) is 6.42 Å². The van der Waals surface area contributed by atoms with E-state index in [1.54, 1.807) is 0 Å². The van der Waals surface area contributed by atoms with Crippen LogP contribution >= 0.6 is 0 Å². The van der Waals surface area contributed by atoms with E-state index in [1.165, 1.54) is 38.3 Å². The molecular weight excluding hydrogens is 524 g/mol. The van der Waals surface area contributed by atoms with Gasteiger partial charge in [0.25, 0.3) is 0 Å². The van der Waals surface area contributed by atoms with E-state index in [4.69, 9.17) is 19.9 Å². The molecule has 1 atom stereocenters. The molecule has 206 valence electrons. The fourth-order valence-electron chi connectivity index (χ4n) is 6.41. The average molecular weight is 555 g/mol. The normalized spacial score (nSPS) is 15.8. The van der Waals surface area contributed by atoms with Gasteiger partial charge in [-0.25, -0.2) is 15.0 Å². The van der Waals surface area contributed by atoms with Gasteiger partial charge in [-0.3, -0.25) is 4.98 Å². The molecule has 4 aromatic carbocycles. The second-order valence-electron chi connectivity index (χ2n) is 11.5. The number of benzene rings is 4. The topological polar surface area (TPSA) is 51.6 Å². The molecule has 0 saturated heterocycles. The molecule has 0 fully saturated rings. The number of rotatable bonds is 4. The maximum absolute atomic E-state index is 5.10. The van der Waals surface area contributed by atoms with Crippen LogP contribution in [0.1, 0.15) is 42.3 Å². The summed E-state index contributed by atoms with van der Waals surface area (Å²) < 4.78 is 0. The summed E-state index contributed by atoms with van der Waals surface area (Å²) in [6, 6.07) is 36.3. The highest BCUT2D eigenvalue weighted by Gasteiger charge is 2.23. The summed E-state index contributed by atoms with van der Waals surface area (Å²) in [4.78, 5) is 19.9. The van der Waals surface area contributed by atoms with Gasteiger partial charge in [-0.1, -0.05) is 104 Å². The smallest absolute Gasteiger partial charge is 0.164 e. The summed E-state index contributed by atoms with van der Waals surface area (Å²) in [5.41, 5.74) is 8.21. The second-order valence-corrected chi connectivity index (χ2v) is 11.5. The van der Waals surface area contributed by atoms with Crippen LogP contribution in [0, 0.1) is 5.92 Å². The van der Waals surface area contributed by atoms with Gasteiger partial charge in [-0.15, -0.1) is 0 Å². The van der Waals surface area contributed by atoms with Gasteiger partial charge in [0.2, 0.25) is 0 Å². The molecule has 43 heavy (non-hydrogen) atoms. The van der Waals surface area contributed by atoms with E-state index in [2.05, 4.69) is 116 Å². The highest BCUT2D eigenvalue weighted by atomic mass is 15.0. The predicted molar refractivity (Wildman–Crippen MR) is 175 cm³/mol. The Labute approximate surface area is 250 Å². The molecule has 0 aliphatic heterocycles. The number of hydrogen-bond acceptors (Lipinski definition) is 4. The van der Waals surface area contributed by atoms with E-state index in [-0.39, 0.29) is 0 Å². The van der Waals surface area contributed by atoms with Crippen molar-refractivity contribution in [1.29, 1.82) is 0 Å². The third kappa shape index (κ3) is 4.75. The molecule has 8 rings (SSSR count). The molecule has 6 aromatic rings. The van der Waals surface area contributed by atoms with E-state index < -0.39 is 0 Å². The van der Waals surface area contributed by atoms with Crippen molar-refractivity contribution in [3.63, 3.8) is 0 Å². The standard InChI is InChI=1S/C39H30N4/c1-25-22-30-9-4-5-11-32(30)24-35(25)39-42-37(41-38(43-39)33-20-15-26-8-2-3-10-31(26)23-33)29-18-16-27(17-19-29)34-14-6-12-28-13-7-21-40-36(28)34/h2-5,7-13,15-21,23-25H,6,14,22H2,1H3. The number of aromatic nitrogens is 4. The van der Waals surface area contributed by atoms with Crippen molar-refractivity contribution in [2.24, 2.45) is 5.92 Å². The van der Waals surface area contributed by atoms with Gasteiger partial charge in [0.05, 0.1) is 5.35 Å². The lowest BCUT2D eigenvalue weighted by atomic mass is 9.84. The summed E-state index contributed by atoms with van der Waals surface area (Å²) >= 11 is 0. The molecule has 2 heterocycles. The molecule has 2 aliphatic carbocycles. The second kappa shape index (κ2) is 10.6. The molecule has 0 amide bonds. The number of fused-ring (bicyclic) bond motifs is 3. The molecular formula is C39H30N4. The van der Waals surface area contributed by atoms with Crippen molar-refractivity contribution in [1.82, 2.24) is 19.9 Å². The predicted octanol–water partition coefficient (Wildman–Crippen LogP) is 7.26. The molecule has 2 aromatic heterocycles. The molecule has 2 aliphatic rings. The van der Waals surface area contributed by atoms with E-state index in [1.807, 2.05) is 12.3 Å². The molecule has 4 nitrogen and oxygen atoms in total. The Balaban J connectivity index is 1.27. The van der Waals surface area contributed by atoms with Crippen LogP contribution in [0.3, 0.4) is 0 Å². The molecule has 0 spiro atoms. The summed E-state index contributed by atoms with van der Waals surface area (Å²) in [7, 11) is 0. The van der Waals surface area contributed by atoms with Gasteiger partial charge < -0.3 is 0 Å². The van der Waals surface area contributed by atoms with Crippen LogP contribution in [0.15, 0.2) is 109 Å². The number of hydrogen-bond donors (Lipinski definition) is 0. The summed E-state index contributed by atoms with van der Waals surface area (Å²) in [5.74, 6) is 2.42. The quantitative estimate of drug-likeness (QED) is 0.230. The first-order valence-electron chi connectivity index (χ1n) is 15.0. The van der Waals surface area contributed by atoms with Crippen LogP contribution < -0.4 is 10.6 Å². The number of pyridine rings is 1. The molecule has 0 bridgehead atoms.